The third-order valence-electron chi connectivity index (χ3n) is 0.950. The maximum atomic E-state index is 10.1. The van der Waals surface area contributed by atoms with Crippen LogP contribution in [0.1, 0.15) is 6.42 Å². The molecule has 86 valence electrons. The zero-order chi connectivity index (χ0) is 11.8. The maximum Gasteiger partial charge on any atom is 2.00 e. The Morgan fingerprint density at radius 2 is 1.87 bits per heavy atom. The van der Waals surface area contributed by atoms with Gasteiger partial charge in [-0.15, -0.1) is 0 Å². The summed E-state index contributed by atoms with van der Waals surface area (Å²) in [4.78, 5) is 10.1. The predicted octanol–water partition coefficient (Wildman–Crippen LogP) is -1.57. The van der Waals surface area contributed by atoms with E-state index < -0.39 is 22.4 Å². The van der Waals surface area contributed by atoms with Crippen molar-refractivity contribution >= 4 is 65.9 Å². The van der Waals surface area contributed by atoms with Gasteiger partial charge in [0.2, 0.25) is 0 Å². The molecule has 0 amide bonds. The van der Waals surface area contributed by atoms with E-state index in [9.17, 15) is 4.79 Å². The molecule has 0 aliphatic carbocycles. The SMILES string of the molecule is CSCCC(N)C(=O)O.O=S(=O)([O-])[O-].[Ca+2]. The Bertz CT molecular complexity index is 248. The molecule has 0 bridgehead atoms. The van der Waals surface area contributed by atoms with E-state index in [0.29, 0.717) is 6.42 Å². The second kappa shape index (κ2) is 11.4. The number of carbonyl (C=O) groups is 1. The molecule has 0 spiro atoms. The predicted molar refractivity (Wildman–Crippen MR) is 54.8 cm³/mol. The normalized spacial score (nSPS) is 11.7. The van der Waals surface area contributed by atoms with Gasteiger partial charge >= 0.3 is 43.7 Å². The van der Waals surface area contributed by atoms with E-state index in [2.05, 4.69) is 0 Å². The quantitative estimate of drug-likeness (QED) is 0.358. The molecule has 10 heteroatoms. The molecule has 0 aromatic carbocycles. The van der Waals surface area contributed by atoms with Crippen LogP contribution in [0.15, 0.2) is 0 Å². The molecule has 0 aliphatic heterocycles. The molecule has 3 N–H and O–H groups in total. The van der Waals surface area contributed by atoms with E-state index >= 15 is 0 Å². The zero-order valence-electron chi connectivity index (χ0n) is 8.08. The first-order chi connectivity index (χ1) is 6.18. The summed E-state index contributed by atoms with van der Waals surface area (Å²) in [5.74, 6) is -0.1000. The summed E-state index contributed by atoms with van der Waals surface area (Å²) in [5, 5.41) is 8.27. The minimum Gasteiger partial charge on any atom is -0.759 e. The first-order valence-corrected chi connectivity index (χ1v) is 6.05. The zero-order valence-corrected chi connectivity index (χ0v) is 11.9. The number of rotatable bonds is 4. The monoisotopic (exact) mass is 285 g/mol. The number of aliphatic carboxylic acids is 1. The van der Waals surface area contributed by atoms with E-state index in [4.69, 9.17) is 28.4 Å². The number of thioether (sulfide) groups is 1. The summed E-state index contributed by atoms with van der Waals surface area (Å²) in [7, 11) is -5.17. The topological polar surface area (TPSA) is 144 Å². The van der Waals surface area contributed by atoms with Crippen LogP contribution in [0.5, 0.6) is 0 Å². The van der Waals surface area contributed by atoms with E-state index in [-0.39, 0.29) is 37.7 Å². The van der Waals surface area contributed by atoms with Gasteiger partial charge < -0.3 is 19.9 Å². The van der Waals surface area contributed by atoms with Gasteiger partial charge in [0.1, 0.15) is 6.04 Å². The Labute approximate surface area is 122 Å². The maximum absolute atomic E-state index is 10.1. The molecule has 0 aromatic rings. The number of nitrogens with two attached hydrogens (primary N) is 1. The summed E-state index contributed by atoms with van der Waals surface area (Å²) >= 11 is 1.60. The number of carboxylic acid groups (broad SMARTS) is 1. The van der Waals surface area contributed by atoms with Crippen molar-refractivity contribution in [2.45, 2.75) is 12.5 Å². The first-order valence-electron chi connectivity index (χ1n) is 3.32. The van der Waals surface area contributed by atoms with Crippen LogP contribution >= 0.6 is 11.8 Å². The molecule has 0 heterocycles. The van der Waals surface area contributed by atoms with E-state index in [0.717, 1.165) is 5.75 Å². The molecular weight excluding hydrogens is 274 g/mol. The molecule has 0 aliphatic rings. The van der Waals surface area contributed by atoms with Crippen molar-refractivity contribution < 1.29 is 27.4 Å². The number of carboxylic acids is 1. The Morgan fingerprint density at radius 1 is 1.53 bits per heavy atom. The summed E-state index contributed by atoms with van der Waals surface area (Å²) in [6.45, 7) is 0. The molecule has 15 heavy (non-hydrogen) atoms. The Balaban J connectivity index is -0.000000208. The minimum absolute atomic E-state index is 0. The smallest absolute Gasteiger partial charge is 0.759 e. The van der Waals surface area contributed by atoms with Gasteiger partial charge in [0.25, 0.3) is 0 Å². The fourth-order valence-corrected chi connectivity index (χ4v) is 0.858. The van der Waals surface area contributed by atoms with Crippen LogP contribution in [0, 0.1) is 0 Å². The molecule has 1 atom stereocenters. The third-order valence-corrected chi connectivity index (χ3v) is 1.59. The van der Waals surface area contributed by atoms with Crippen molar-refractivity contribution in [2.75, 3.05) is 12.0 Å². The number of hydrogen-bond donors (Lipinski definition) is 2. The largest absolute Gasteiger partial charge is 2.00 e. The Hall–Kier alpha value is 0.910. The van der Waals surface area contributed by atoms with Gasteiger partial charge in [0, 0.05) is 10.4 Å². The van der Waals surface area contributed by atoms with Crippen molar-refractivity contribution in [3.05, 3.63) is 0 Å². The van der Waals surface area contributed by atoms with Crippen LogP contribution in [0.4, 0.5) is 0 Å². The van der Waals surface area contributed by atoms with Crippen LogP contribution < -0.4 is 5.73 Å². The molecule has 7 nitrogen and oxygen atoms in total. The van der Waals surface area contributed by atoms with Gasteiger partial charge in [0.15, 0.2) is 0 Å². The van der Waals surface area contributed by atoms with E-state index in [1.807, 2.05) is 6.26 Å². The second-order valence-corrected chi connectivity index (χ2v) is 3.94. The second-order valence-electron chi connectivity index (χ2n) is 2.13. The summed E-state index contributed by atoms with van der Waals surface area (Å²) in [6, 6.07) is -0.683. The molecule has 0 saturated heterocycles. The Kier molecular flexibility index (Phi) is 16.1. The minimum atomic E-state index is -5.17. The first kappa shape index (κ1) is 21.2. The van der Waals surface area contributed by atoms with Crippen LogP contribution in [0.3, 0.4) is 0 Å². The van der Waals surface area contributed by atoms with E-state index in [1.165, 1.54) is 0 Å². The van der Waals surface area contributed by atoms with Crippen LogP contribution in [0.2, 0.25) is 0 Å². The molecule has 0 aromatic heterocycles. The van der Waals surface area contributed by atoms with Crippen molar-refractivity contribution in [3.63, 3.8) is 0 Å². The standard InChI is InChI=1S/C5H11NO2S.Ca.H2O4S/c1-9-3-2-4(6)5(7)8;;1-5(2,3)4/h4H,2-3,6H2,1H3,(H,7,8);;(H2,1,2,3,4)/q;+2;/p-2. The fourth-order valence-electron chi connectivity index (χ4n) is 0.368. The average molecular weight is 285 g/mol. The Morgan fingerprint density at radius 3 is 2.07 bits per heavy atom. The van der Waals surface area contributed by atoms with Crippen molar-refractivity contribution in [2.24, 2.45) is 5.73 Å². The van der Waals surface area contributed by atoms with Gasteiger partial charge in [-0.3, -0.25) is 13.2 Å². The third kappa shape index (κ3) is 31.3. The average Bonchev–Trinajstić information content (AvgIpc) is 1.96. The van der Waals surface area contributed by atoms with Crippen molar-refractivity contribution in [1.82, 2.24) is 0 Å². The van der Waals surface area contributed by atoms with Crippen LogP contribution in [-0.2, 0) is 15.2 Å². The van der Waals surface area contributed by atoms with Crippen LogP contribution in [0.25, 0.3) is 0 Å². The van der Waals surface area contributed by atoms with Gasteiger partial charge in [-0.25, -0.2) is 0 Å². The van der Waals surface area contributed by atoms with Crippen molar-refractivity contribution in [3.8, 4) is 0 Å². The molecule has 0 radical (unpaired) electrons. The molecule has 0 saturated carbocycles. The van der Waals surface area contributed by atoms with E-state index in [1.54, 1.807) is 11.8 Å². The number of hydrogen-bond acceptors (Lipinski definition) is 7. The summed E-state index contributed by atoms with van der Waals surface area (Å²) in [5.41, 5.74) is 5.19. The van der Waals surface area contributed by atoms with Gasteiger partial charge in [-0.1, -0.05) is 0 Å². The van der Waals surface area contributed by atoms with Crippen molar-refractivity contribution in [1.29, 1.82) is 0 Å². The van der Waals surface area contributed by atoms with Crippen LogP contribution in [-0.4, -0.2) is 84.4 Å². The van der Waals surface area contributed by atoms with Gasteiger partial charge in [0.05, 0.1) is 0 Å². The molecule has 0 fully saturated rings. The fraction of sp³-hybridized carbons (Fsp3) is 0.800. The molecular formula is C5H11CaNO6S2. The van der Waals surface area contributed by atoms with Gasteiger partial charge in [-0.2, -0.15) is 11.8 Å². The van der Waals surface area contributed by atoms with Gasteiger partial charge in [-0.05, 0) is 18.4 Å². The summed E-state index contributed by atoms with van der Waals surface area (Å²) in [6.07, 6.45) is 2.48. The molecule has 0 rings (SSSR count). The molecule has 1 unspecified atom stereocenters. The summed E-state index contributed by atoms with van der Waals surface area (Å²) < 4.78 is 34.1.